The van der Waals surface area contributed by atoms with Crippen molar-refractivity contribution in [1.29, 1.82) is 0 Å². The number of ether oxygens (including phenoxy) is 1. The van der Waals surface area contributed by atoms with Gasteiger partial charge in [-0.15, -0.1) is 0 Å². The number of hydrogen-bond acceptors (Lipinski definition) is 5. The van der Waals surface area contributed by atoms with Gasteiger partial charge in [-0.05, 0) is 12.8 Å². The quantitative estimate of drug-likeness (QED) is 0.849. The number of rotatable bonds is 3. The number of carbonyl (C=O) groups is 1. The van der Waals surface area contributed by atoms with Crippen molar-refractivity contribution >= 4 is 11.8 Å². The van der Waals surface area contributed by atoms with Crippen LogP contribution >= 0.6 is 0 Å². The molecule has 1 saturated carbocycles. The van der Waals surface area contributed by atoms with Crippen LogP contribution in [0.25, 0.3) is 0 Å². The van der Waals surface area contributed by atoms with E-state index in [4.69, 9.17) is 4.74 Å². The van der Waals surface area contributed by atoms with Gasteiger partial charge >= 0.3 is 5.97 Å². The van der Waals surface area contributed by atoms with Crippen molar-refractivity contribution in [3.05, 3.63) is 18.1 Å². The lowest BCUT2D eigenvalue weighted by Gasteiger charge is -2.22. The van der Waals surface area contributed by atoms with Gasteiger partial charge in [-0.3, -0.25) is 0 Å². The summed E-state index contributed by atoms with van der Waals surface area (Å²) >= 11 is 0. The molecule has 0 aliphatic heterocycles. The zero-order valence-electron chi connectivity index (χ0n) is 11.4. The Labute approximate surface area is 113 Å². The highest BCUT2D eigenvalue weighted by Crippen LogP contribution is 2.21. The Morgan fingerprint density at radius 2 is 1.95 bits per heavy atom. The minimum Gasteiger partial charge on any atom is -0.465 e. The molecule has 0 atom stereocenters. The minimum atomic E-state index is -0.394. The van der Waals surface area contributed by atoms with E-state index in [2.05, 4.69) is 15.3 Å². The van der Waals surface area contributed by atoms with Crippen molar-refractivity contribution in [3.63, 3.8) is 0 Å². The maximum atomic E-state index is 11.7. The molecule has 1 aliphatic rings. The molecule has 0 saturated heterocycles. The summed E-state index contributed by atoms with van der Waals surface area (Å²) in [7, 11) is 1.37. The molecule has 1 aromatic rings. The van der Waals surface area contributed by atoms with Gasteiger partial charge in [0, 0.05) is 12.2 Å². The fourth-order valence-corrected chi connectivity index (χ4v) is 2.50. The summed E-state index contributed by atoms with van der Waals surface area (Å²) in [5, 5.41) is 3.38. The van der Waals surface area contributed by atoms with Gasteiger partial charge in [-0.2, -0.15) is 0 Å². The Kier molecular flexibility index (Phi) is 5.12. The smallest absolute Gasteiger partial charge is 0.343 e. The zero-order chi connectivity index (χ0) is 13.5. The zero-order valence-corrected chi connectivity index (χ0v) is 11.4. The molecule has 1 aliphatic carbocycles. The van der Waals surface area contributed by atoms with Crippen LogP contribution < -0.4 is 5.32 Å². The molecule has 104 valence electrons. The van der Waals surface area contributed by atoms with Crippen molar-refractivity contribution < 1.29 is 9.53 Å². The number of aromatic nitrogens is 2. The van der Waals surface area contributed by atoms with E-state index < -0.39 is 5.97 Å². The van der Waals surface area contributed by atoms with Gasteiger partial charge in [0.15, 0.2) is 0 Å². The van der Waals surface area contributed by atoms with E-state index in [9.17, 15) is 4.79 Å². The average molecular weight is 263 g/mol. The second kappa shape index (κ2) is 7.07. The summed E-state index contributed by atoms with van der Waals surface area (Å²) in [5.41, 5.74) is 0.409. The van der Waals surface area contributed by atoms with Crippen molar-refractivity contribution in [2.45, 2.75) is 51.0 Å². The molecule has 0 unspecified atom stereocenters. The molecule has 1 fully saturated rings. The third-order valence-corrected chi connectivity index (χ3v) is 3.56. The molecular weight excluding hydrogens is 242 g/mol. The van der Waals surface area contributed by atoms with E-state index in [0.29, 0.717) is 17.4 Å². The maximum absolute atomic E-state index is 11.7. The molecule has 1 N–H and O–H groups in total. The molecule has 0 bridgehead atoms. The summed E-state index contributed by atoms with van der Waals surface area (Å²) in [6.45, 7) is 0. The third-order valence-electron chi connectivity index (χ3n) is 3.56. The molecule has 0 aromatic carbocycles. The molecule has 0 amide bonds. The highest BCUT2D eigenvalue weighted by atomic mass is 16.5. The van der Waals surface area contributed by atoms with E-state index in [0.717, 1.165) is 12.8 Å². The second-order valence-corrected chi connectivity index (χ2v) is 4.96. The predicted octanol–water partition coefficient (Wildman–Crippen LogP) is 2.79. The largest absolute Gasteiger partial charge is 0.465 e. The maximum Gasteiger partial charge on any atom is 0.343 e. The third kappa shape index (κ3) is 3.91. The van der Waals surface area contributed by atoms with Gasteiger partial charge in [0.1, 0.15) is 17.7 Å². The van der Waals surface area contributed by atoms with E-state index in [1.54, 1.807) is 0 Å². The fraction of sp³-hybridized carbons (Fsp3) is 0.643. The van der Waals surface area contributed by atoms with E-state index in [1.807, 2.05) is 0 Å². The monoisotopic (exact) mass is 263 g/mol. The van der Waals surface area contributed by atoms with E-state index in [-0.39, 0.29) is 0 Å². The SMILES string of the molecule is COC(=O)c1cncnc1NC1CCCCCCC1. The molecule has 0 spiro atoms. The predicted molar refractivity (Wildman–Crippen MR) is 73.1 cm³/mol. The first kappa shape index (κ1) is 13.8. The van der Waals surface area contributed by atoms with Gasteiger partial charge in [-0.25, -0.2) is 14.8 Å². The van der Waals surface area contributed by atoms with Crippen LogP contribution in [0.1, 0.15) is 55.3 Å². The Morgan fingerprint density at radius 1 is 1.26 bits per heavy atom. The van der Waals surface area contributed by atoms with Crippen LogP contribution in [0.2, 0.25) is 0 Å². The molecule has 2 rings (SSSR count). The highest BCUT2D eigenvalue weighted by molar-refractivity contribution is 5.94. The minimum absolute atomic E-state index is 0.388. The van der Waals surface area contributed by atoms with Crippen LogP contribution in [-0.4, -0.2) is 29.1 Å². The van der Waals surface area contributed by atoms with Gasteiger partial charge in [-0.1, -0.05) is 32.1 Å². The van der Waals surface area contributed by atoms with Crippen molar-refractivity contribution in [1.82, 2.24) is 9.97 Å². The van der Waals surface area contributed by atoms with Gasteiger partial charge < -0.3 is 10.1 Å². The molecule has 0 radical (unpaired) electrons. The van der Waals surface area contributed by atoms with Crippen molar-refractivity contribution in [2.24, 2.45) is 0 Å². The Bertz CT molecular complexity index is 415. The molecule has 5 nitrogen and oxygen atoms in total. The molecule has 5 heteroatoms. The Morgan fingerprint density at radius 3 is 2.63 bits per heavy atom. The first-order chi connectivity index (χ1) is 9.31. The standard InChI is InChI=1S/C14H21N3O2/c1-19-14(18)12-9-15-10-16-13(12)17-11-7-5-3-2-4-6-8-11/h9-11H,2-8H2,1H3,(H,15,16,17). The summed E-state index contributed by atoms with van der Waals surface area (Å²) in [6.07, 6.45) is 11.6. The van der Waals surface area contributed by atoms with Crippen LogP contribution in [0.3, 0.4) is 0 Å². The number of esters is 1. The van der Waals surface area contributed by atoms with E-state index >= 15 is 0 Å². The van der Waals surface area contributed by atoms with Crippen LogP contribution in [0.5, 0.6) is 0 Å². The molecular formula is C14H21N3O2. The van der Waals surface area contributed by atoms with Gasteiger partial charge in [0.2, 0.25) is 0 Å². The first-order valence-electron chi connectivity index (χ1n) is 6.96. The average Bonchev–Trinajstić information content (AvgIpc) is 2.41. The van der Waals surface area contributed by atoms with Crippen LogP contribution in [-0.2, 0) is 4.74 Å². The Hall–Kier alpha value is -1.65. The number of carbonyl (C=O) groups excluding carboxylic acids is 1. The summed E-state index contributed by atoms with van der Waals surface area (Å²) in [4.78, 5) is 19.7. The number of methoxy groups -OCH3 is 1. The summed E-state index contributed by atoms with van der Waals surface area (Å²) in [5.74, 6) is 0.196. The number of nitrogens with one attached hydrogen (secondary N) is 1. The van der Waals surface area contributed by atoms with E-state index in [1.165, 1.54) is 51.7 Å². The van der Waals surface area contributed by atoms with Crippen LogP contribution in [0.15, 0.2) is 12.5 Å². The first-order valence-corrected chi connectivity index (χ1v) is 6.96. The van der Waals surface area contributed by atoms with Crippen molar-refractivity contribution in [2.75, 3.05) is 12.4 Å². The number of nitrogens with zero attached hydrogens (tertiary/aromatic N) is 2. The lowest BCUT2D eigenvalue weighted by Crippen LogP contribution is -2.23. The summed E-state index contributed by atoms with van der Waals surface area (Å²) < 4.78 is 4.75. The summed E-state index contributed by atoms with van der Waals surface area (Å²) in [6, 6.07) is 0.388. The normalized spacial score (nSPS) is 17.3. The van der Waals surface area contributed by atoms with Crippen LogP contribution in [0.4, 0.5) is 5.82 Å². The highest BCUT2D eigenvalue weighted by Gasteiger charge is 2.17. The van der Waals surface area contributed by atoms with Crippen molar-refractivity contribution in [3.8, 4) is 0 Å². The fourth-order valence-electron chi connectivity index (χ4n) is 2.50. The second-order valence-electron chi connectivity index (χ2n) is 4.96. The lowest BCUT2D eigenvalue weighted by molar-refractivity contribution is 0.0601. The Balaban J connectivity index is 2.06. The van der Waals surface area contributed by atoms with Gasteiger partial charge in [0.05, 0.1) is 7.11 Å². The number of hydrogen-bond donors (Lipinski definition) is 1. The molecule has 1 heterocycles. The van der Waals surface area contributed by atoms with Gasteiger partial charge in [0.25, 0.3) is 0 Å². The lowest BCUT2D eigenvalue weighted by atomic mass is 9.96. The van der Waals surface area contributed by atoms with Crippen LogP contribution in [0, 0.1) is 0 Å². The molecule has 19 heavy (non-hydrogen) atoms. The topological polar surface area (TPSA) is 64.1 Å². The molecule has 1 aromatic heterocycles. The number of anilines is 1.